The van der Waals surface area contributed by atoms with E-state index in [1.54, 1.807) is 25.1 Å². The number of hydrogen-bond acceptors (Lipinski definition) is 2. The van der Waals surface area contributed by atoms with Crippen molar-refractivity contribution in [1.29, 1.82) is 0 Å². The molecule has 0 radical (unpaired) electrons. The molecule has 1 aromatic carbocycles. The van der Waals surface area contributed by atoms with Gasteiger partial charge in [-0.2, -0.15) is 0 Å². The van der Waals surface area contributed by atoms with Crippen LogP contribution in [0.4, 0.5) is 0 Å². The van der Waals surface area contributed by atoms with E-state index in [1.165, 1.54) is 6.07 Å². The zero-order valence-corrected chi connectivity index (χ0v) is 6.37. The minimum Gasteiger partial charge on any atom is -0.507 e. The standard InChI is InChI=1S/C9H10O2/c1-2-8(10)7-5-3-4-6-9(7)11/h3-6,11H,2H2,1H3. The molecule has 0 fully saturated rings. The summed E-state index contributed by atoms with van der Waals surface area (Å²) in [7, 11) is 0. The van der Waals surface area contributed by atoms with Crippen molar-refractivity contribution in [2.45, 2.75) is 13.3 Å². The van der Waals surface area contributed by atoms with E-state index in [4.69, 9.17) is 0 Å². The van der Waals surface area contributed by atoms with Gasteiger partial charge >= 0.3 is 0 Å². The molecule has 0 aliphatic rings. The Labute approximate surface area is 65.5 Å². The molecule has 0 saturated heterocycles. The second-order valence-electron chi connectivity index (χ2n) is 2.29. The Morgan fingerprint density at radius 2 is 2.09 bits per heavy atom. The predicted octanol–water partition coefficient (Wildman–Crippen LogP) is 1.98. The monoisotopic (exact) mass is 150 g/mol. The third-order valence-corrected chi connectivity index (χ3v) is 1.53. The van der Waals surface area contributed by atoms with Gasteiger partial charge in [0.15, 0.2) is 5.78 Å². The van der Waals surface area contributed by atoms with E-state index in [0.717, 1.165) is 0 Å². The first-order valence-electron chi connectivity index (χ1n) is 3.57. The van der Waals surface area contributed by atoms with Gasteiger partial charge in [-0.15, -0.1) is 0 Å². The lowest BCUT2D eigenvalue weighted by molar-refractivity contribution is 0.0985. The van der Waals surface area contributed by atoms with E-state index in [0.29, 0.717) is 12.0 Å². The van der Waals surface area contributed by atoms with Crippen molar-refractivity contribution in [3.05, 3.63) is 29.8 Å². The van der Waals surface area contributed by atoms with Crippen LogP contribution in [-0.2, 0) is 0 Å². The Morgan fingerprint density at radius 1 is 1.45 bits per heavy atom. The molecule has 0 aliphatic heterocycles. The molecule has 1 aromatic rings. The summed E-state index contributed by atoms with van der Waals surface area (Å²) in [6.45, 7) is 1.77. The summed E-state index contributed by atoms with van der Waals surface area (Å²) in [4.78, 5) is 11.1. The number of hydrogen-bond donors (Lipinski definition) is 1. The fourth-order valence-corrected chi connectivity index (χ4v) is 0.900. The minimum absolute atomic E-state index is 0.0249. The van der Waals surface area contributed by atoms with E-state index >= 15 is 0 Å². The van der Waals surface area contributed by atoms with Crippen LogP contribution in [0.15, 0.2) is 24.3 Å². The number of para-hydroxylation sites is 1. The quantitative estimate of drug-likeness (QED) is 0.654. The summed E-state index contributed by atoms with van der Waals surface area (Å²) in [6.07, 6.45) is 0.428. The van der Waals surface area contributed by atoms with Crippen molar-refractivity contribution in [3.63, 3.8) is 0 Å². The van der Waals surface area contributed by atoms with Crippen LogP contribution in [0.25, 0.3) is 0 Å². The Bertz CT molecular complexity index is 266. The number of phenols is 1. The van der Waals surface area contributed by atoms with Gasteiger partial charge in [-0.25, -0.2) is 0 Å². The molecule has 0 spiro atoms. The molecule has 0 aliphatic carbocycles. The number of carbonyl (C=O) groups excluding carboxylic acids is 1. The lowest BCUT2D eigenvalue weighted by Gasteiger charge is -1.99. The maximum atomic E-state index is 11.1. The Hall–Kier alpha value is -1.31. The molecule has 0 unspecified atom stereocenters. The Morgan fingerprint density at radius 3 is 2.64 bits per heavy atom. The highest BCUT2D eigenvalue weighted by Gasteiger charge is 2.06. The number of benzene rings is 1. The second-order valence-corrected chi connectivity index (χ2v) is 2.29. The average Bonchev–Trinajstić information content (AvgIpc) is 2.04. The lowest BCUT2D eigenvalue weighted by atomic mass is 10.1. The summed E-state index contributed by atoms with van der Waals surface area (Å²) in [5.74, 6) is 0.0439. The molecular weight excluding hydrogens is 140 g/mol. The van der Waals surface area contributed by atoms with Crippen molar-refractivity contribution >= 4 is 5.78 Å². The topological polar surface area (TPSA) is 37.3 Å². The van der Waals surface area contributed by atoms with Crippen molar-refractivity contribution in [1.82, 2.24) is 0 Å². The molecule has 0 bridgehead atoms. The molecule has 2 nitrogen and oxygen atoms in total. The largest absolute Gasteiger partial charge is 0.507 e. The van der Waals surface area contributed by atoms with E-state index in [9.17, 15) is 9.90 Å². The first kappa shape index (κ1) is 7.79. The first-order valence-corrected chi connectivity index (χ1v) is 3.57. The van der Waals surface area contributed by atoms with Crippen LogP contribution in [0, 0.1) is 0 Å². The summed E-state index contributed by atoms with van der Waals surface area (Å²) in [5, 5.41) is 9.19. The number of ketones is 1. The maximum Gasteiger partial charge on any atom is 0.166 e. The smallest absolute Gasteiger partial charge is 0.166 e. The Kier molecular flexibility index (Phi) is 2.26. The van der Waals surface area contributed by atoms with Crippen molar-refractivity contribution in [2.24, 2.45) is 0 Å². The molecule has 0 amide bonds. The molecule has 0 aromatic heterocycles. The average molecular weight is 150 g/mol. The lowest BCUT2D eigenvalue weighted by Crippen LogP contribution is -1.95. The van der Waals surface area contributed by atoms with Crippen LogP contribution in [0.3, 0.4) is 0 Å². The zero-order valence-electron chi connectivity index (χ0n) is 6.37. The molecule has 0 atom stereocenters. The van der Waals surface area contributed by atoms with Gasteiger partial charge in [-0.3, -0.25) is 4.79 Å². The number of carbonyl (C=O) groups is 1. The summed E-state index contributed by atoms with van der Waals surface area (Å²) in [5.41, 5.74) is 0.412. The van der Waals surface area contributed by atoms with E-state index in [1.807, 2.05) is 0 Å². The van der Waals surface area contributed by atoms with Crippen molar-refractivity contribution in [2.75, 3.05) is 0 Å². The van der Waals surface area contributed by atoms with E-state index in [2.05, 4.69) is 0 Å². The van der Waals surface area contributed by atoms with Crippen LogP contribution in [0.2, 0.25) is 0 Å². The summed E-state index contributed by atoms with van der Waals surface area (Å²) in [6, 6.07) is 6.58. The molecule has 11 heavy (non-hydrogen) atoms. The normalized spacial score (nSPS) is 9.55. The molecule has 1 N–H and O–H groups in total. The van der Waals surface area contributed by atoms with Crippen LogP contribution in [0.5, 0.6) is 5.75 Å². The number of rotatable bonds is 2. The van der Waals surface area contributed by atoms with Crippen LogP contribution in [-0.4, -0.2) is 10.9 Å². The third-order valence-electron chi connectivity index (χ3n) is 1.53. The highest BCUT2D eigenvalue weighted by Crippen LogP contribution is 2.16. The molecule has 58 valence electrons. The molecule has 2 heteroatoms. The van der Waals surface area contributed by atoms with E-state index < -0.39 is 0 Å². The molecule has 1 rings (SSSR count). The highest BCUT2D eigenvalue weighted by molar-refractivity contribution is 5.98. The fourth-order valence-electron chi connectivity index (χ4n) is 0.900. The van der Waals surface area contributed by atoms with Gasteiger partial charge in [-0.05, 0) is 12.1 Å². The number of aromatic hydroxyl groups is 1. The van der Waals surface area contributed by atoms with Gasteiger partial charge in [0, 0.05) is 6.42 Å². The van der Waals surface area contributed by atoms with Gasteiger partial charge in [0.25, 0.3) is 0 Å². The Balaban J connectivity index is 3.03. The van der Waals surface area contributed by atoms with Gasteiger partial charge < -0.3 is 5.11 Å². The maximum absolute atomic E-state index is 11.1. The van der Waals surface area contributed by atoms with Gasteiger partial charge in [-0.1, -0.05) is 19.1 Å². The number of phenolic OH excluding ortho intramolecular Hbond substituents is 1. The highest BCUT2D eigenvalue weighted by atomic mass is 16.3. The van der Waals surface area contributed by atoms with Gasteiger partial charge in [0.05, 0.1) is 5.56 Å². The number of Topliss-reactive ketones (excluding diaryl/α,β-unsaturated/α-hetero) is 1. The SMILES string of the molecule is CCC(=O)c1ccccc1O. The van der Waals surface area contributed by atoms with Gasteiger partial charge in [0.1, 0.15) is 5.75 Å². The van der Waals surface area contributed by atoms with Gasteiger partial charge in [0.2, 0.25) is 0 Å². The minimum atomic E-state index is -0.0249. The van der Waals surface area contributed by atoms with E-state index in [-0.39, 0.29) is 11.5 Å². The first-order chi connectivity index (χ1) is 5.25. The molecule has 0 heterocycles. The van der Waals surface area contributed by atoms with Crippen molar-refractivity contribution < 1.29 is 9.90 Å². The predicted molar refractivity (Wildman–Crippen MR) is 42.7 cm³/mol. The second kappa shape index (κ2) is 3.19. The van der Waals surface area contributed by atoms with Crippen molar-refractivity contribution in [3.8, 4) is 5.75 Å². The van der Waals surface area contributed by atoms with Crippen LogP contribution >= 0.6 is 0 Å². The molecular formula is C9H10O2. The summed E-state index contributed by atoms with van der Waals surface area (Å²) < 4.78 is 0. The molecule has 0 saturated carbocycles. The summed E-state index contributed by atoms with van der Waals surface area (Å²) >= 11 is 0. The van der Waals surface area contributed by atoms with Crippen LogP contribution < -0.4 is 0 Å². The third kappa shape index (κ3) is 1.58. The zero-order chi connectivity index (χ0) is 8.27. The fraction of sp³-hybridized carbons (Fsp3) is 0.222. The van der Waals surface area contributed by atoms with Crippen LogP contribution in [0.1, 0.15) is 23.7 Å².